The molecule has 3 aromatic rings. The highest BCUT2D eigenvalue weighted by Crippen LogP contribution is 2.31. The fraction of sp³-hybridized carbons (Fsp3) is 0.269. The SMILES string of the molecule is C/C(=N\c1c(C)cc(C)cc1C)c1cccc(/C(C)=N/c2c(C)cc(C)cc2Br)n1. The lowest BCUT2D eigenvalue weighted by molar-refractivity contribution is 1.22. The molecule has 2 aromatic carbocycles. The van der Waals surface area contributed by atoms with E-state index in [-0.39, 0.29) is 0 Å². The van der Waals surface area contributed by atoms with Gasteiger partial charge in [-0.3, -0.25) is 9.98 Å². The van der Waals surface area contributed by atoms with Crippen molar-refractivity contribution in [1.82, 2.24) is 4.98 Å². The van der Waals surface area contributed by atoms with Crippen LogP contribution in [0.15, 0.2) is 56.9 Å². The largest absolute Gasteiger partial charge is 0.251 e. The molecule has 0 bridgehead atoms. The van der Waals surface area contributed by atoms with E-state index in [0.717, 1.165) is 44.2 Å². The molecule has 0 N–H and O–H groups in total. The van der Waals surface area contributed by atoms with Crippen LogP contribution in [0.4, 0.5) is 11.4 Å². The Kier molecular flexibility index (Phi) is 6.67. The molecule has 0 saturated heterocycles. The Bertz CT molecular complexity index is 1040. The average molecular weight is 462 g/mol. The maximum atomic E-state index is 4.90. The van der Waals surface area contributed by atoms with Crippen LogP contribution in [0, 0.1) is 34.6 Å². The summed E-state index contributed by atoms with van der Waals surface area (Å²) in [6, 6.07) is 14.6. The highest BCUT2D eigenvalue weighted by Gasteiger charge is 2.09. The zero-order chi connectivity index (χ0) is 22.0. The predicted molar refractivity (Wildman–Crippen MR) is 132 cm³/mol. The Morgan fingerprint density at radius 2 is 1.13 bits per heavy atom. The molecule has 0 fully saturated rings. The minimum Gasteiger partial charge on any atom is -0.251 e. The molecule has 1 aromatic heterocycles. The Labute approximate surface area is 188 Å². The van der Waals surface area contributed by atoms with Gasteiger partial charge in [0.25, 0.3) is 0 Å². The first-order chi connectivity index (χ1) is 14.2. The van der Waals surface area contributed by atoms with E-state index in [1.54, 1.807) is 0 Å². The molecule has 154 valence electrons. The molecule has 0 saturated carbocycles. The van der Waals surface area contributed by atoms with Crippen LogP contribution in [0.3, 0.4) is 0 Å². The molecule has 0 amide bonds. The second-order valence-corrected chi connectivity index (χ2v) is 8.82. The third-order valence-corrected chi connectivity index (χ3v) is 5.69. The summed E-state index contributed by atoms with van der Waals surface area (Å²) in [5.41, 5.74) is 11.4. The zero-order valence-corrected chi connectivity index (χ0v) is 20.3. The van der Waals surface area contributed by atoms with Gasteiger partial charge in [0.1, 0.15) is 0 Å². The predicted octanol–water partition coefficient (Wildman–Crippen LogP) is 7.67. The third kappa shape index (κ3) is 4.93. The molecule has 1 heterocycles. The second-order valence-electron chi connectivity index (χ2n) is 7.96. The van der Waals surface area contributed by atoms with Gasteiger partial charge in [-0.05, 0) is 105 Å². The molecule has 0 unspecified atom stereocenters. The summed E-state index contributed by atoms with van der Waals surface area (Å²) >= 11 is 3.65. The lowest BCUT2D eigenvalue weighted by Gasteiger charge is -2.10. The Hall–Kier alpha value is -2.59. The smallest absolute Gasteiger partial charge is 0.0849 e. The van der Waals surface area contributed by atoms with E-state index in [4.69, 9.17) is 15.0 Å². The quantitative estimate of drug-likeness (QED) is 0.367. The van der Waals surface area contributed by atoms with Gasteiger partial charge in [-0.25, -0.2) is 4.98 Å². The molecule has 0 aliphatic heterocycles. The van der Waals surface area contributed by atoms with Crippen molar-refractivity contribution in [3.8, 4) is 0 Å². The molecular weight excluding hydrogens is 434 g/mol. The van der Waals surface area contributed by atoms with Crippen LogP contribution in [-0.2, 0) is 0 Å². The highest BCUT2D eigenvalue weighted by atomic mass is 79.9. The maximum Gasteiger partial charge on any atom is 0.0849 e. The minimum atomic E-state index is 0.853. The van der Waals surface area contributed by atoms with Crippen LogP contribution in [-0.4, -0.2) is 16.4 Å². The second kappa shape index (κ2) is 9.05. The Morgan fingerprint density at radius 3 is 1.63 bits per heavy atom. The van der Waals surface area contributed by atoms with Crippen LogP contribution < -0.4 is 0 Å². The van der Waals surface area contributed by atoms with E-state index in [1.165, 1.54) is 22.3 Å². The first-order valence-electron chi connectivity index (χ1n) is 10.1. The summed E-state index contributed by atoms with van der Waals surface area (Å²) in [5, 5.41) is 0. The number of aliphatic imine (C=N–C) groups is 2. The van der Waals surface area contributed by atoms with Crippen LogP contribution in [0.25, 0.3) is 0 Å². The normalized spacial score (nSPS) is 12.4. The van der Waals surface area contributed by atoms with Crippen molar-refractivity contribution in [2.75, 3.05) is 0 Å². The van der Waals surface area contributed by atoms with Crippen molar-refractivity contribution in [2.45, 2.75) is 48.5 Å². The molecule has 0 atom stereocenters. The van der Waals surface area contributed by atoms with Crippen LogP contribution >= 0.6 is 15.9 Å². The van der Waals surface area contributed by atoms with Crippen molar-refractivity contribution >= 4 is 38.7 Å². The number of aromatic nitrogens is 1. The van der Waals surface area contributed by atoms with Crippen molar-refractivity contribution in [3.63, 3.8) is 0 Å². The first kappa shape index (κ1) is 22.1. The van der Waals surface area contributed by atoms with Crippen LogP contribution in [0.1, 0.15) is 53.1 Å². The molecule has 0 radical (unpaired) electrons. The summed E-state index contributed by atoms with van der Waals surface area (Å²) in [6.45, 7) is 14.5. The van der Waals surface area contributed by atoms with Crippen LogP contribution in [0.5, 0.6) is 0 Å². The standard InChI is InChI=1S/C26H28BrN3/c1-15-11-17(3)25(18(4)12-15)28-20(6)23-9-8-10-24(30-23)21(7)29-26-19(5)13-16(2)14-22(26)27/h8-14H,1-7H3/b28-20+,29-21+. The van der Waals surface area contributed by atoms with Gasteiger partial charge in [0, 0.05) is 4.47 Å². The van der Waals surface area contributed by atoms with E-state index >= 15 is 0 Å². The maximum absolute atomic E-state index is 4.90. The van der Waals surface area contributed by atoms with E-state index in [9.17, 15) is 0 Å². The highest BCUT2D eigenvalue weighted by molar-refractivity contribution is 9.10. The number of hydrogen-bond donors (Lipinski definition) is 0. The number of benzene rings is 2. The van der Waals surface area contributed by atoms with Crippen LogP contribution in [0.2, 0.25) is 0 Å². The average Bonchev–Trinajstić information content (AvgIpc) is 2.67. The Morgan fingerprint density at radius 1 is 0.700 bits per heavy atom. The van der Waals surface area contributed by atoms with E-state index in [1.807, 2.05) is 32.0 Å². The van der Waals surface area contributed by atoms with Gasteiger partial charge < -0.3 is 0 Å². The van der Waals surface area contributed by atoms with Crippen molar-refractivity contribution in [3.05, 3.63) is 86.1 Å². The fourth-order valence-electron chi connectivity index (χ4n) is 3.69. The van der Waals surface area contributed by atoms with Crippen molar-refractivity contribution in [1.29, 1.82) is 0 Å². The molecule has 4 heteroatoms. The number of nitrogens with zero attached hydrogens (tertiary/aromatic N) is 3. The van der Waals surface area contributed by atoms with Gasteiger partial charge in [-0.2, -0.15) is 0 Å². The van der Waals surface area contributed by atoms with Gasteiger partial charge in [-0.1, -0.05) is 29.8 Å². The van der Waals surface area contributed by atoms with Crippen molar-refractivity contribution in [2.24, 2.45) is 9.98 Å². The number of aryl methyl sites for hydroxylation is 5. The number of rotatable bonds is 4. The minimum absolute atomic E-state index is 0.853. The number of halogens is 1. The van der Waals surface area contributed by atoms with Gasteiger partial charge >= 0.3 is 0 Å². The first-order valence-corrected chi connectivity index (χ1v) is 10.9. The van der Waals surface area contributed by atoms with Crippen molar-refractivity contribution < 1.29 is 0 Å². The molecule has 0 aliphatic rings. The van der Waals surface area contributed by atoms with E-state index in [0.29, 0.717) is 0 Å². The molecule has 3 rings (SSSR count). The summed E-state index contributed by atoms with van der Waals surface area (Å²) in [5.74, 6) is 0. The van der Waals surface area contributed by atoms with Gasteiger partial charge in [-0.15, -0.1) is 0 Å². The third-order valence-electron chi connectivity index (χ3n) is 5.08. The van der Waals surface area contributed by atoms with E-state index in [2.05, 4.69) is 74.8 Å². The summed E-state index contributed by atoms with van der Waals surface area (Å²) in [6.07, 6.45) is 0. The lowest BCUT2D eigenvalue weighted by atomic mass is 10.1. The monoisotopic (exact) mass is 461 g/mol. The topological polar surface area (TPSA) is 37.6 Å². The van der Waals surface area contributed by atoms with Gasteiger partial charge in [0.15, 0.2) is 0 Å². The summed E-state index contributed by atoms with van der Waals surface area (Å²) < 4.78 is 0.999. The molecule has 0 spiro atoms. The van der Waals surface area contributed by atoms with Gasteiger partial charge in [0.05, 0.1) is 34.2 Å². The molecule has 3 nitrogen and oxygen atoms in total. The lowest BCUT2D eigenvalue weighted by Crippen LogP contribution is -2.05. The summed E-state index contributed by atoms with van der Waals surface area (Å²) in [7, 11) is 0. The Balaban J connectivity index is 1.99. The van der Waals surface area contributed by atoms with Gasteiger partial charge in [0.2, 0.25) is 0 Å². The number of pyridine rings is 1. The van der Waals surface area contributed by atoms with E-state index < -0.39 is 0 Å². The molecule has 0 aliphatic carbocycles. The molecule has 30 heavy (non-hydrogen) atoms. The zero-order valence-electron chi connectivity index (χ0n) is 18.8. The number of hydrogen-bond acceptors (Lipinski definition) is 3. The molecular formula is C26H28BrN3. The fourth-order valence-corrected chi connectivity index (χ4v) is 4.45. The summed E-state index contributed by atoms with van der Waals surface area (Å²) in [4.78, 5) is 14.6.